The van der Waals surface area contributed by atoms with Gasteiger partial charge in [-0.25, -0.2) is 0 Å². The van der Waals surface area contributed by atoms with E-state index in [1.807, 2.05) is 6.92 Å². The molecule has 0 aliphatic carbocycles. The average molecular weight is 237 g/mol. The molecule has 1 aromatic carbocycles. The fraction of sp³-hybridized carbons (Fsp3) is 0.364. The largest absolute Gasteiger partial charge is 0.383 e. The highest BCUT2D eigenvalue weighted by Crippen LogP contribution is 2.24. The molecule has 6 nitrogen and oxygen atoms in total. The van der Waals surface area contributed by atoms with Crippen molar-refractivity contribution >= 4 is 17.3 Å². The van der Waals surface area contributed by atoms with Gasteiger partial charge in [0.05, 0.1) is 4.92 Å². The minimum absolute atomic E-state index is 0.100. The van der Waals surface area contributed by atoms with Crippen molar-refractivity contribution in [2.24, 2.45) is 0 Å². The number of amides is 1. The number of nitrogens with one attached hydrogen (secondary N) is 2. The molecule has 1 amide bonds. The van der Waals surface area contributed by atoms with Crippen molar-refractivity contribution in [2.45, 2.75) is 13.3 Å². The highest BCUT2D eigenvalue weighted by Gasteiger charge is 2.16. The van der Waals surface area contributed by atoms with Gasteiger partial charge in [-0.05, 0) is 18.6 Å². The summed E-state index contributed by atoms with van der Waals surface area (Å²) in [5.41, 5.74) is 0.586. The van der Waals surface area contributed by atoms with E-state index in [0.29, 0.717) is 17.8 Å². The number of anilines is 1. The maximum Gasteiger partial charge on any atom is 0.293 e. The normalized spacial score (nSPS) is 9.76. The summed E-state index contributed by atoms with van der Waals surface area (Å²) in [6.45, 7) is 2.49. The van der Waals surface area contributed by atoms with Crippen LogP contribution in [-0.2, 0) is 0 Å². The highest BCUT2D eigenvalue weighted by atomic mass is 16.6. The molecule has 0 saturated heterocycles. The Labute approximate surface area is 99.2 Å². The molecule has 1 aromatic rings. The first-order valence-electron chi connectivity index (χ1n) is 5.34. The molecule has 2 N–H and O–H groups in total. The number of nitrogens with zero attached hydrogens (tertiary/aromatic N) is 1. The van der Waals surface area contributed by atoms with E-state index in [1.54, 1.807) is 13.1 Å². The molecule has 0 fully saturated rings. The standard InChI is InChI=1S/C11H15N3O3/c1-3-6-13-11(15)8-4-5-9(12-2)10(7-8)14(16)17/h4-5,7,12H,3,6H2,1-2H3,(H,13,15). The van der Waals surface area contributed by atoms with E-state index in [-0.39, 0.29) is 11.6 Å². The first kappa shape index (κ1) is 13.0. The second-order valence-corrected chi connectivity index (χ2v) is 3.49. The van der Waals surface area contributed by atoms with Crippen molar-refractivity contribution in [3.05, 3.63) is 33.9 Å². The number of nitro groups is 1. The van der Waals surface area contributed by atoms with Gasteiger partial charge in [-0.2, -0.15) is 0 Å². The number of rotatable bonds is 5. The predicted octanol–water partition coefficient (Wildman–Crippen LogP) is 1.78. The minimum atomic E-state index is -0.511. The van der Waals surface area contributed by atoms with Crippen LogP contribution in [-0.4, -0.2) is 24.4 Å². The molecule has 6 heteroatoms. The summed E-state index contributed by atoms with van der Waals surface area (Å²) in [5.74, 6) is -0.294. The summed E-state index contributed by atoms with van der Waals surface area (Å²) in [7, 11) is 1.60. The van der Waals surface area contributed by atoms with Gasteiger partial charge in [0.2, 0.25) is 0 Å². The summed E-state index contributed by atoms with van der Waals surface area (Å²) >= 11 is 0. The van der Waals surface area contributed by atoms with Gasteiger partial charge >= 0.3 is 0 Å². The number of hydrogen-bond donors (Lipinski definition) is 2. The van der Waals surface area contributed by atoms with Crippen molar-refractivity contribution in [2.75, 3.05) is 18.9 Å². The Hall–Kier alpha value is -2.11. The number of nitro benzene ring substituents is 1. The van der Waals surface area contributed by atoms with Crippen LogP contribution in [0.15, 0.2) is 18.2 Å². The van der Waals surface area contributed by atoms with Crippen molar-refractivity contribution in [3.63, 3.8) is 0 Å². The lowest BCUT2D eigenvalue weighted by Gasteiger charge is -2.06. The lowest BCUT2D eigenvalue weighted by atomic mass is 10.1. The van der Waals surface area contributed by atoms with Crippen molar-refractivity contribution in [3.8, 4) is 0 Å². The van der Waals surface area contributed by atoms with E-state index in [1.165, 1.54) is 12.1 Å². The molecule has 0 heterocycles. The van der Waals surface area contributed by atoms with Crippen LogP contribution in [0.2, 0.25) is 0 Å². The second-order valence-electron chi connectivity index (χ2n) is 3.49. The number of hydrogen-bond acceptors (Lipinski definition) is 4. The van der Waals surface area contributed by atoms with Crippen LogP contribution in [0.1, 0.15) is 23.7 Å². The lowest BCUT2D eigenvalue weighted by Crippen LogP contribution is -2.24. The zero-order valence-corrected chi connectivity index (χ0v) is 9.82. The maximum atomic E-state index is 11.6. The molecule has 0 aliphatic rings. The van der Waals surface area contributed by atoms with Crippen molar-refractivity contribution < 1.29 is 9.72 Å². The average Bonchev–Trinajstić information content (AvgIpc) is 2.34. The van der Waals surface area contributed by atoms with Crippen LogP contribution in [0.25, 0.3) is 0 Å². The molecule has 0 saturated carbocycles. The minimum Gasteiger partial charge on any atom is -0.383 e. The molecule has 0 bridgehead atoms. The molecule has 0 aliphatic heterocycles. The van der Waals surface area contributed by atoms with E-state index in [0.717, 1.165) is 6.42 Å². The van der Waals surface area contributed by atoms with Crippen LogP contribution in [0.5, 0.6) is 0 Å². The summed E-state index contributed by atoms with van der Waals surface area (Å²) < 4.78 is 0. The summed E-state index contributed by atoms with van der Waals surface area (Å²) in [6.07, 6.45) is 0.822. The molecule has 0 spiro atoms. The number of carbonyl (C=O) groups is 1. The SMILES string of the molecule is CCCNC(=O)c1ccc(NC)c([N+](=O)[O-])c1. The van der Waals surface area contributed by atoms with Gasteiger partial charge in [-0.3, -0.25) is 14.9 Å². The van der Waals surface area contributed by atoms with Gasteiger partial charge in [-0.1, -0.05) is 6.92 Å². The van der Waals surface area contributed by atoms with Crippen LogP contribution in [0.3, 0.4) is 0 Å². The second kappa shape index (κ2) is 5.83. The molecule has 0 atom stereocenters. The van der Waals surface area contributed by atoms with Crippen LogP contribution in [0.4, 0.5) is 11.4 Å². The van der Waals surface area contributed by atoms with Gasteiger partial charge < -0.3 is 10.6 Å². The third-order valence-corrected chi connectivity index (χ3v) is 2.26. The zero-order chi connectivity index (χ0) is 12.8. The van der Waals surface area contributed by atoms with Gasteiger partial charge in [0, 0.05) is 25.2 Å². The Morgan fingerprint density at radius 1 is 1.47 bits per heavy atom. The first-order chi connectivity index (χ1) is 8.10. The van der Waals surface area contributed by atoms with E-state index < -0.39 is 4.92 Å². The molecule has 0 aromatic heterocycles. The summed E-state index contributed by atoms with van der Waals surface area (Å²) in [4.78, 5) is 21.9. The monoisotopic (exact) mass is 237 g/mol. The van der Waals surface area contributed by atoms with Gasteiger partial charge in [0.1, 0.15) is 5.69 Å². The predicted molar refractivity (Wildman–Crippen MR) is 65.3 cm³/mol. The Kier molecular flexibility index (Phi) is 4.45. The zero-order valence-electron chi connectivity index (χ0n) is 9.82. The topological polar surface area (TPSA) is 84.3 Å². The number of benzene rings is 1. The third kappa shape index (κ3) is 3.17. The number of carbonyl (C=O) groups excluding carboxylic acids is 1. The van der Waals surface area contributed by atoms with Crippen molar-refractivity contribution in [1.29, 1.82) is 0 Å². The van der Waals surface area contributed by atoms with E-state index >= 15 is 0 Å². The maximum absolute atomic E-state index is 11.6. The molecule has 17 heavy (non-hydrogen) atoms. The molecular weight excluding hydrogens is 222 g/mol. The summed E-state index contributed by atoms with van der Waals surface area (Å²) in [6, 6.07) is 4.36. The highest BCUT2D eigenvalue weighted by molar-refractivity contribution is 5.95. The Morgan fingerprint density at radius 2 is 2.18 bits per heavy atom. The molecular formula is C11H15N3O3. The molecule has 0 unspecified atom stereocenters. The fourth-order valence-electron chi connectivity index (χ4n) is 1.38. The van der Waals surface area contributed by atoms with E-state index in [4.69, 9.17) is 0 Å². The van der Waals surface area contributed by atoms with E-state index in [2.05, 4.69) is 10.6 Å². The van der Waals surface area contributed by atoms with E-state index in [9.17, 15) is 14.9 Å². The third-order valence-electron chi connectivity index (χ3n) is 2.26. The molecule has 1 rings (SSSR count). The lowest BCUT2D eigenvalue weighted by molar-refractivity contribution is -0.384. The molecule has 0 radical (unpaired) electrons. The summed E-state index contributed by atoms with van der Waals surface area (Å²) in [5, 5.41) is 16.2. The fourth-order valence-corrected chi connectivity index (χ4v) is 1.38. The van der Waals surface area contributed by atoms with Crippen molar-refractivity contribution in [1.82, 2.24) is 5.32 Å². The van der Waals surface area contributed by atoms with Gasteiger partial charge in [0.25, 0.3) is 11.6 Å². The Balaban J connectivity index is 2.99. The quantitative estimate of drug-likeness (QED) is 0.603. The molecule has 92 valence electrons. The first-order valence-corrected chi connectivity index (χ1v) is 5.34. The Bertz CT molecular complexity index is 432. The Morgan fingerprint density at radius 3 is 2.71 bits per heavy atom. The van der Waals surface area contributed by atoms with Gasteiger partial charge in [0.15, 0.2) is 0 Å². The van der Waals surface area contributed by atoms with Crippen LogP contribution >= 0.6 is 0 Å². The van der Waals surface area contributed by atoms with Crippen LogP contribution in [0, 0.1) is 10.1 Å². The smallest absolute Gasteiger partial charge is 0.293 e. The van der Waals surface area contributed by atoms with Crippen LogP contribution < -0.4 is 10.6 Å². The van der Waals surface area contributed by atoms with Gasteiger partial charge in [-0.15, -0.1) is 0 Å².